The fourth-order valence-corrected chi connectivity index (χ4v) is 2.11. The van der Waals surface area contributed by atoms with Crippen molar-refractivity contribution in [3.05, 3.63) is 16.6 Å². The maximum atomic E-state index is 11.7. The van der Waals surface area contributed by atoms with Crippen molar-refractivity contribution in [3.63, 3.8) is 0 Å². The minimum absolute atomic E-state index is 0.0587. The molecule has 1 amide bonds. The van der Waals surface area contributed by atoms with Crippen molar-refractivity contribution in [2.75, 3.05) is 13.2 Å². The number of carbonyl (C=O) groups is 1. The molecule has 0 radical (unpaired) electrons. The molecule has 1 rings (SSSR count). The molecule has 1 aromatic heterocycles. The highest BCUT2D eigenvalue weighted by atomic mass is 32.1. The quantitative estimate of drug-likeness (QED) is 0.766. The molecule has 2 unspecified atom stereocenters. The Morgan fingerprint density at radius 1 is 1.71 bits per heavy atom. The van der Waals surface area contributed by atoms with Crippen LogP contribution in [0, 0.1) is 0 Å². The number of amides is 1. The zero-order valence-electron chi connectivity index (χ0n) is 10.2. The van der Waals surface area contributed by atoms with Crippen LogP contribution in [0.1, 0.15) is 31.3 Å². The molecule has 3 N–H and O–H groups in total. The SMILES string of the molecule is CCOC(CN)CC(=O)NC(C)c1nccs1. The molecule has 0 aliphatic carbocycles. The third-order valence-corrected chi connectivity index (χ3v) is 3.24. The number of aromatic nitrogens is 1. The Kier molecular flexibility index (Phi) is 6.10. The van der Waals surface area contributed by atoms with E-state index in [2.05, 4.69) is 10.3 Å². The number of nitrogens with two attached hydrogens (primary N) is 1. The number of ether oxygens (including phenoxy) is 1. The number of carbonyl (C=O) groups excluding carboxylic acids is 1. The smallest absolute Gasteiger partial charge is 0.223 e. The molecule has 5 nitrogen and oxygen atoms in total. The van der Waals surface area contributed by atoms with E-state index in [9.17, 15) is 4.79 Å². The minimum Gasteiger partial charge on any atom is -0.377 e. The average Bonchev–Trinajstić information content (AvgIpc) is 2.81. The Hall–Kier alpha value is -0.980. The molecule has 0 aromatic carbocycles. The second-order valence-corrected chi connectivity index (χ2v) is 4.60. The minimum atomic E-state index is -0.205. The van der Waals surface area contributed by atoms with Crippen LogP contribution in [0.25, 0.3) is 0 Å². The monoisotopic (exact) mass is 257 g/mol. The van der Waals surface area contributed by atoms with Crippen LogP contribution in [0.3, 0.4) is 0 Å². The average molecular weight is 257 g/mol. The van der Waals surface area contributed by atoms with Crippen molar-refractivity contribution in [3.8, 4) is 0 Å². The van der Waals surface area contributed by atoms with Crippen LogP contribution in [-0.2, 0) is 9.53 Å². The number of nitrogens with zero attached hydrogens (tertiary/aromatic N) is 1. The molecule has 2 atom stereocenters. The van der Waals surface area contributed by atoms with Crippen molar-refractivity contribution in [2.45, 2.75) is 32.4 Å². The van der Waals surface area contributed by atoms with E-state index in [1.54, 1.807) is 6.20 Å². The molecule has 1 heterocycles. The summed E-state index contributed by atoms with van der Waals surface area (Å²) in [4.78, 5) is 15.9. The van der Waals surface area contributed by atoms with Gasteiger partial charge in [-0.3, -0.25) is 4.79 Å². The lowest BCUT2D eigenvalue weighted by molar-refractivity contribution is -0.124. The molecule has 0 spiro atoms. The van der Waals surface area contributed by atoms with Crippen molar-refractivity contribution in [2.24, 2.45) is 5.73 Å². The van der Waals surface area contributed by atoms with Gasteiger partial charge in [-0.25, -0.2) is 4.98 Å². The van der Waals surface area contributed by atoms with E-state index >= 15 is 0 Å². The van der Waals surface area contributed by atoms with Crippen LogP contribution in [0.5, 0.6) is 0 Å². The molecule has 0 aliphatic heterocycles. The first-order valence-corrected chi connectivity index (χ1v) is 6.55. The van der Waals surface area contributed by atoms with Crippen molar-refractivity contribution < 1.29 is 9.53 Å². The second kappa shape index (κ2) is 7.37. The Balaban J connectivity index is 2.38. The molecular weight excluding hydrogens is 238 g/mol. The largest absolute Gasteiger partial charge is 0.377 e. The van der Waals surface area contributed by atoms with Gasteiger partial charge in [-0.1, -0.05) is 0 Å². The van der Waals surface area contributed by atoms with E-state index in [4.69, 9.17) is 10.5 Å². The van der Waals surface area contributed by atoms with E-state index in [-0.39, 0.29) is 18.1 Å². The van der Waals surface area contributed by atoms with Crippen LogP contribution in [-0.4, -0.2) is 30.1 Å². The first kappa shape index (κ1) is 14.1. The van der Waals surface area contributed by atoms with Gasteiger partial charge in [0.2, 0.25) is 5.91 Å². The highest BCUT2D eigenvalue weighted by molar-refractivity contribution is 7.09. The summed E-state index contributed by atoms with van der Waals surface area (Å²) in [5.74, 6) is -0.0587. The first-order chi connectivity index (χ1) is 8.17. The predicted molar refractivity (Wildman–Crippen MR) is 67.8 cm³/mol. The fraction of sp³-hybridized carbons (Fsp3) is 0.636. The highest BCUT2D eigenvalue weighted by Gasteiger charge is 2.16. The highest BCUT2D eigenvalue weighted by Crippen LogP contribution is 2.14. The molecule has 0 bridgehead atoms. The Morgan fingerprint density at radius 2 is 2.47 bits per heavy atom. The van der Waals surface area contributed by atoms with Gasteiger partial charge >= 0.3 is 0 Å². The lowest BCUT2D eigenvalue weighted by Crippen LogP contribution is -2.34. The van der Waals surface area contributed by atoms with E-state index < -0.39 is 0 Å². The summed E-state index contributed by atoms with van der Waals surface area (Å²) in [6.07, 6.45) is 1.81. The van der Waals surface area contributed by atoms with Gasteiger partial charge in [-0.15, -0.1) is 11.3 Å². The number of thiazole rings is 1. The lowest BCUT2D eigenvalue weighted by atomic mass is 10.2. The van der Waals surface area contributed by atoms with E-state index in [1.165, 1.54) is 11.3 Å². The van der Waals surface area contributed by atoms with Gasteiger partial charge in [0.05, 0.1) is 18.6 Å². The van der Waals surface area contributed by atoms with Crippen LogP contribution >= 0.6 is 11.3 Å². The summed E-state index contributed by atoms with van der Waals surface area (Å²) in [5.41, 5.74) is 5.52. The standard InChI is InChI=1S/C11H19N3O2S/c1-3-16-9(7-12)6-10(15)14-8(2)11-13-4-5-17-11/h4-5,8-9H,3,6-7,12H2,1-2H3,(H,14,15). The molecule has 17 heavy (non-hydrogen) atoms. The summed E-state index contributed by atoms with van der Waals surface area (Å²) in [7, 11) is 0. The molecule has 0 fully saturated rings. The van der Waals surface area contributed by atoms with Gasteiger partial charge in [-0.2, -0.15) is 0 Å². The Bertz CT molecular complexity index is 329. The fourth-order valence-electron chi connectivity index (χ4n) is 1.46. The van der Waals surface area contributed by atoms with E-state index in [1.807, 2.05) is 19.2 Å². The van der Waals surface area contributed by atoms with Crippen molar-refractivity contribution >= 4 is 17.2 Å². The van der Waals surface area contributed by atoms with E-state index in [0.29, 0.717) is 19.6 Å². The zero-order valence-corrected chi connectivity index (χ0v) is 11.0. The molecule has 0 aliphatic rings. The third-order valence-electron chi connectivity index (χ3n) is 2.28. The topological polar surface area (TPSA) is 77.2 Å². The Labute approximate surface area is 105 Å². The third kappa shape index (κ3) is 4.80. The number of hydrogen-bond donors (Lipinski definition) is 2. The molecule has 96 valence electrons. The van der Waals surface area contributed by atoms with Crippen LogP contribution in [0.2, 0.25) is 0 Å². The van der Waals surface area contributed by atoms with Gasteiger partial charge in [0, 0.05) is 24.7 Å². The summed E-state index contributed by atoms with van der Waals surface area (Å²) in [5, 5.41) is 5.67. The summed E-state index contributed by atoms with van der Waals surface area (Å²) in [6.45, 7) is 4.72. The number of hydrogen-bond acceptors (Lipinski definition) is 5. The predicted octanol–water partition coefficient (Wildman–Crippen LogP) is 1.07. The summed E-state index contributed by atoms with van der Waals surface area (Å²) < 4.78 is 5.34. The van der Waals surface area contributed by atoms with Gasteiger partial charge in [0.1, 0.15) is 5.01 Å². The number of nitrogens with one attached hydrogen (secondary N) is 1. The lowest BCUT2D eigenvalue weighted by Gasteiger charge is -2.16. The van der Waals surface area contributed by atoms with Crippen molar-refractivity contribution in [1.82, 2.24) is 10.3 Å². The van der Waals surface area contributed by atoms with Gasteiger partial charge < -0.3 is 15.8 Å². The zero-order chi connectivity index (χ0) is 12.7. The van der Waals surface area contributed by atoms with Crippen molar-refractivity contribution in [1.29, 1.82) is 0 Å². The maximum absolute atomic E-state index is 11.7. The summed E-state index contributed by atoms with van der Waals surface area (Å²) in [6, 6.07) is -0.0671. The van der Waals surface area contributed by atoms with Gasteiger partial charge in [0.25, 0.3) is 0 Å². The van der Waals surface area contributed by atoms with Gasteiger partial charge in [0.15, 0.2) is 0 Å². The van der Waals surface area contributed by atoms with Gasteiger partial charge in [-0.05, 0) is 13.8 Å². The normalized spacial score (nSPS) is 14.3. The molecule has 0 saturated carbocycles. The molecule has 0 saturated heterocycles. The van der Waals surface area contributed by atoms with Crippen LogP contribution in [0.15, 0.2) is 11.6 Å². The molecule has 6 heteroatoms. The van der Waals surface area contributed by atoms with Crippen LogP contribution in [0.4, 0.5) is 0 Å². The molecule has 1 aromatic rings. The Morgan fingerprint density at radius 3 is 3.00 bits per heavy atom. The summed E-state index contributed by atoms with van der Waals surface area (Å²) >= 11 is 1.53. The van der Waals surface area contributed by atoms with Crippen LogP contribution < -0.4 is 11.1 Å². The molecular formula is C11H19N3O2S. The number of rotatable bonds is 7. The second-order valence-electron chi connectivity index (χ2n) is 3.68. The van der Waals surface area contributed by atoms with E-state index in [0.717, 1.165) is 5.01 Å². The first-order valence-electron chi connectivity index (χ1n) is 5.67. The maximum Gasteiger partial charge on any atom is 0.223 e.